The molecule has 0 radical (unpaired) electrons. The summed E-state index contributed by atoms with van der Waals surface area (Å²) in [6.45, 7) is 1.98. The van der Waals surface area contributed by atoms with E-state index in [0.29, 0.717) is 0 Å². The van der Waals surface area contributed by atoms with Gasteiger partial charge in [-0.05, 0) is 13.8 Å². The van der Waals surface area contributed by atoms with Crippen molar-refractivity contribution in [3.63, 3.8) is 0 Å². The van der Waals surface area contributed by atoms with Crippen LogP contribution in [-0.2, 0) is 19.6 Å². The molecule has 130 valence electrons. The fraction of sp³-hybridized carbons (Fsp3) is 0.636. The first-order valence-corrected chi connectivity index (χ1v) is 8.06. The van der Waals surface area contributed by atoms with Crippen molar-refractivity contribution in [2.24, 2.45) is 0 Å². The number of phosphoric ester groups is 1. The van der Waals surface area contributed by atoms with E-state index in [1.807, 2.05) is 4.98 Å². The fourth-order valence-corrected chi connectivity index (χ4v) is 3.04. The Labute approximate surface area is 129 Å². The van der Waals surface area contributed by atoms with Crippen LogP contribution in [0, 0.1) is 6.92 Å². The Kier molecular flexibility index (Phi) is 4.66. The third-order valence-corrected chi connectivity index (χ3v) is 4.17. The second kappa shape index (κ2) is 5.95. The fourth-order valence-electron chi connectivity index (χ4n) is 2.47. The molecule has 0 amide bonds. The van der Waals surface area contributed by atoms with Crippen LogP contribution in [-0.4, -0.2) is 54.5 Å². The van der Waals surface area contributed by atoms with Gasteiger partial charge in [-0.25, -0.2) is 9.36 Å². The van der Waals surface area contributed by atoms with Crippen molar-refractivity contribution in [1.82, 2.24) is 9.55 Å². The Balaban J connectivity index is 2.50. The Morgan fingerprint density at radius 2 is 2.09 bits per heavy atom. The predicted octanol–water partition coefficient (Wildman–Crippen LogP) is -2.25. The Morgan fingerprint density at radius 3 is 2.61 bits per heavy atom. The average Bonchev–Trinajstić information content (AvgIpc) is 2.66. The molecule has 11 nitrogen and oxygen atoms in total. The summed E-state index contributed by atoms with van der Waals surface area (Å²) in [5.41, 5.74) is -3.17. The van der Waals surface area contributed by atoms with Crippen LogP contribution in [0.1, 0.15) is 12.5 Å². The first kappa shape index (κ1) is 18.0. The summed E-state index contributed by atoms with van der Waals surface area (Å²) in [5, 5.41) is 19.6. The van der Waals surface area contributed by atoms with Gasteiger partial charge in [0.25, 0.3) is 5.56 Å². The van der Waals surface area contributed by atoms with Crippen molar-refractivity contribution in [1.29, 1.82) is 0 Å². The van der Waals surface area contributed by atoms with Gasteiger partial charge < -0.3 is 24.7 Å². The molecule has 12 heteroatoms. The predicted molar refractivity (Wildman–Crippen MR) is 74.6 cm³/mol. The number of hydrogen-bond donors (Lipinski definition) is 5. The zero-order valence-electron chi connectivity index (χ0n) is 12.2. The summed E-state index contributed by atoms with van der Waals surface area (Å²) in [6, 6.07) is 0. The van der Waals surface area contributed by atoms with E-state index in [0.717, 1.165) is 10.8 Å². The monoisotopic (exact) mass is 352 g/mol. The highest BCUT2D eigenvalue weighted by Crippen LogP contribution is 2.45. The van der Waals surface area contributed by atoms with E-state index < -0.39 is 49.7 Å². The standard InChI is InChI=1S/C11H17N2O9P/c1-5-3-13(10(17)12-9(5)16)11(2)8(15)7(6(4-14)21-11)22-23(18,19)20/h3,6-8,14-15H,4H2,1-2H3,(H,12,16,17)(H2,18,19,20)/t6-,7-,8-,11-/m1/s1. The van der Waals surface area contributed by atoms with Gasteiger partial charge in [0.1, 0.15) is 18.3 Å². The molecule has 1 saturated heterocycles. The topological polar surface area (TPSA) is 171 Å². The second-order valence-corrected chi connectivity index (χ2v) is 6.53. The summed E-state index contributed by atoms with van der Waals surface area (Å²) in [7, 11) is -4.98. The molecular formula is C11H17N2O9P. The molecule has 0 saturated carbocycles. The van der Waals surface area contributed by atoms with Crippen LogP contribution in [0.15, 0.2) is 15.8 Å². The van der Waals surface area contributed by atoms with Crippen molar-refractivity contribution in [2.75, 3.05) is 6.61 Å². The van der Waals surface area contributed by atoms with Crippen LogP contribution >= 0.6 is 7.82 Å². The van der Waals surface area contributed by atoms with Crippen LogP contribution in [0.2, 0.25) is 0 Å². The molecule has 1 fully saturated rings. The SMILES string of the molecule is Cc1cn([C@]2(C)O[C@H](CO)[C@@H](OP(=O)(O)O)[C@H]2O)c(=O)[nH]c1=O. The first-order chi connectivity index (χ1) is 10.5. The number of ether oxygens (including phenoxy) is 1. The molecule has 0 aliphatic carbocycles. The van der Waals surface area contributed by atoms with Gasteiger partial charge >= 0.3 is 13.5 Å². The van der Waals surface area contributed by atoms with E-state index in [-0.39, 0.29) is 5.56 Å². The lowest BCUT2D eigenvalue weighted by atomic mass is 10.0. The van der Waals surface area contributed by atoms with E-state index in [1.54, 1.807) is 0 Å². The maximum atomic E-state index is 12.0. The molecule has 2 heterocycles. The average molecular weight is 352 g/mol. The lowest BCUT2D eigenvalue weighted by Crippen LogP contribution is -2.50. The van der Waals surface area contributed by atoms with E-state index in [4.69, 9.17) is 14.5 Å². The molecular weight excluding hydrogens is 335 g/mol. The van der Waals surface area contributed by atoms with Crippen LogP contribution < -0.4 is 11.2 Å². The highest BCUT2D eigenvalue weighted by Gasteiger charge is 2.55. The van der Waals surface area contributed by atoms with Gasteiger partial charge in [0, 0.05) is 11.8 Å². The highest BCUT2D eigenvalue weighted by molar-refractivity contribution is 7.46. The molecule has 2 rings (SSSR count). The number of aliphatic hydroxyl groups excluding tert-OH is 2. The molecule has 0 unspecified atom stereocenters. The summed E-state index contributed by atoms with van der Waals surface area (Å²) in [5.74, 6) is 0. The van der Waals surface area contributed by atoms with Crippen LogP contribution in [0.3, 0.4) is 0 Å². The zero-order valence-corrected chi connectivity index (χ0v) is 13.1. The van der Waals surface area contributed by atoms with Gasteiger partial charge in [0.2, 0.25) is 0 Å². The van der Waals surface area contributed by atoms with E-state index in [9.17, 15) is 24.4 Å². The van der Waals surface area contributed by atoms with E-state index >= 15 is 0 Å². The van der Waals surface area contributed by atoms with Crippen LogP contribution in [0.25, 0.3) is 0 Å². The lowest BCUT2D eigenvalue weighted by molar-refractivity contribution is -0.137. The van der Waals surface area contributed by atoms with Gasteiger partial charge in [-0.3, -0.25) is 18.9 Å². The lowest BCUT2D eigenvalue weighted by Gasteiger charge is -2.30. The number of H-pyrrole nitrogens is 1. The number of aliphatic hydroxyl groups is 2. The summed E-state index contributed by atoms with van der Waals surface area (Å²) >= 11 is 0. The van der Waals surface area contributed by atoms with Gasteiger partial charge in [0.15, 0.2) is 5.72 Å². The van der Waals surface area contributed by atoms with Crippen molar-refractivity contribution in [3.05, 3.63) is 32.6 Å². The number of phosphoric acid groups is 1. The summed E-state index contributed by atoms with van der Waals surface area (Å²) in [4.78, 5) is 43.3. The number of rotatable bonds is 4. The summed E-state index contributed by atoms with van der Waals surface area (Å²) in [6.07, 6.45) is -3.43. The molecule has 23 heavy (non-hydrogen) atoms. The van der Waals surface area contributed by atoms with Crippen LogP contribution in [0.5, 0.6) is 0 Å². The largest absolute Gasteiger partial charge is 0.470 e. The van der Waals surface area contributed by atoms with Gasteiger partial charge in [-0.15, -0.1) is 0 Å². The van der Waals surface area contributed by atoms with Gasteiger partial charge in [0.05, 0.1) is 6.61 Å². The molecule has 0 spiro atoms. The Bertz CT molecular complexity index is 753. The zero-order chi connectivity index (χ0) is 17.6. The molecule has 1 aromatic heterocycles. The van der Waals surface area contributed by atoms with Gasteiger partial charge in [-0.2, -0.15) is 0 Å². The molecule has 1 aliphatic rings. The molecule has 0 aromatic carbocycles. The maximum absolute atomic E-state index is 12.0. The minimum Gasteiger partial charge on any atom is -0.394 e. The third kappa shape index (κ3) is 3.31. The Hall–Kier alpha value is -1.33. The molecule has 4 atom stereocenters. The maximum Gasteiger partial charge on any atom is 0.470 e. The van der Waals surface area contributed by atoms with Gasteiger partial charge in [-0.1, -0.05) is 0 Å². The minimum atomic E-state index is -4.98. The number of nitrogens with one attached hydrogen (secondary N) is 1. The number of aromatic amines is 1. The molecule has 1 aliphatic heterocycles. The highest BCUT2D eigenvalue weighted by atomic mass is 31.2. The molecule has 5 N–H and O–H groups in total. The second-order valence-electron chi connectivity index (χ2n) is 5.34. The molecule has 1 aromatic rings. The number of hydrogen-bond acceptors (Lipinski definition) is 7. The first-order valence-electron chi connectivity index (χ1n) is 6.53. The van der Waals surface area contributed by atoms with Crippen LogP contribution in [0.4, 0.5) is 0 Å². The number of aromatic nitrogens is 2. The Morgan fingerprint density at radius 1 is 1.48 bits per heavy atom. The quantitative estimate of drug-likeness (QED) is 0.375. The minimum absolute atomic E-state index is 0.154. The van der Waals surface area contributed by atoms with E-state index in [2.05, 4.69) is 4.52 Å². The van der Waals surface area contributed by atoms with E-state index in [1.165, 1.54) is 13.8 Å². The third-order valence-electron chi connectivity index (χ3n) is 3.65. The smallest absolute Gasteiger partial charge is 0.394 e. The molecule has 0 bridgehead atoms. The number of aryl methyl sites for hydroxylation is 1. The van der Waals surface area contributed by atoms with Crippen molar-refractivity contribution in [2.45, 2.75) is 37.9 Å². The number of nitrogens with zero attached hydrogens (tertiary/aromatic N) is 1. The van der Waals surface area contributed by atoms with Crippen molar-refractivity contribution < 1.29 is 33.8 Å². The summed E-state index contributed by atoms with van der Waals surface area (Å²) < 4.78 is 21.8. The van der Waals surface area contributed by atoms with Crippen molar-refractivity contribution >= 4 is 7.82 Å². The normalized spacial score (nSPS) is 31.5. The van der Waals surface area contributed by atoms with Crippen molar-refractivity contribution in [3.8, 4) is 0 Å².